The molecule has 5 atom stereocenters. The fourth-order valence-corrected chi connectivity index (χ4v) is 6.88. The topological polar surface area (TPSA) is 166 Å². The number of ketones is 1. The molecule has 2 aromatic heterocycles. The van der Waals surface area contributed by atoms with Crippen LogP contribution in [0.3, 0.4) is 0 Å². The average Bonchev–Trinajstić information content (AvgIpc) is 3.83. The van der Waals surface area contributed by atoms with Crippen LogP contribution in [-0.4, -0.2) is 52.2 Å². The van der Waals surface area contributed by atoms with Crippen LogP contribution in [0.1, 0.15) is 79.0 Å². The van der Waals surface area contributed by atoms with Gasteiger partial charge in [-0.05, 0) is 41.5 Å². The summed E-state index contributed by atoms with van der Waals surface area (Å²) in [5.74, 6) is -1.47. The van der Waals surface area contributed by atoms with Crippen LogP contribution in [0.15, 0.2) is 57.6 Å². The van der Waals surface area contributed by atoms with E-state index in [0.717, 1.165) is 22.4 Å². The van der Waals surface area contributed by atoms with Crippen molar-refractivity contribution in [2.75, 3.05) is 12.4 Å². The smallest absolute Gasteiger partial charge is 0.360 e. The molecule has 0 aliphatic carbocycles. The standard InChI is InChI=1S/C35H36N4O8/c1-16(2)26-32-39-27(31-36-23(15-45-31)33(43)44-5)29(47-32)35-20-8-6-7-9-22(20)37-34(35)46-25-11-10-18(13-21(25)35)12-19(30(42)38-26)14-24(40)28(41)17(3)4/h6-11,13,15-17,19,26,28,34,37,41H,12,14H2,1-5H3,(H,38,42)/t19-,26+,28+,34?,35+/m1/s1. The summed E-state index contributed by atoms with van der Waals surface area (Å²) in [6.45, 7) is 7.39. The molecule has 3 aliphatic rings. The Morgan fingerprint density at radius 3 is 2.62 bits per heavy atom. The largest absolute Gasteiger partial charge is 0.469 e. The summed E-state index contributed by atoms with van der Waals surface area (Å²) in [4.78, 5) is 48.8. The van der Waals surface area contributed by atoms with E-state index in [1.54, 1.807) is 13.8 Å². The van der Waals surface area contributed by atoms with Crippen LogP contribution in [0, 0.1) is 17.8 Å². The normalized spacial score (nSPS) is 23.1. The van der Waals surface area contributed by atoms with Crippen LogP contribution in [-0.2, 0) is 26.2 Å². The molecule has 7 rings (SSSR count). The van der Waals surface area contributed by atoms with Gasteiger partial charge < -0.3 is 34.0 Å². The number of rotatable bonds is 7. The number of amides is 1. The highest BCUT2D eigenvalue weighted by Crippen LogP contribution is 2.59. The summed E-state index contributed by atoms with van der Waals surface area (Å²) in [5, 5.41) is 17.2. The van der Waals surface area contributed by atoms with Crippen LogP contribution in [0.25, 0.3) is 11.6 Å². The van der Waals surface area contributed by atoms with Crippen molar-refractivity contribution in [3.63, 3.8) is 0 Å². The maximum atomic E-state index is 14.0. The average molecular weight is 641 g/mol. The molecular formula is C35H36N4O8. The summed E-state index contributed by atoms with van der Waals surface area (Å²) in [5.41, 5.74) is 2.42. The molecule has 12 heteroatoms. The van der Waals surface area contributed by atoms with Crippen molar-refractivity contribution in [3.05, 3.63) is 82.8 Å². The van der Waals surface area contributed by atoms with E-state index in [2.05, 4.69) is 15.6 Å². The number of para-hydroxylation sites is 1. The first-order valence-corrected chi connectivity index (χ1v) is 15.8. The number of carbonyl (C=O) groups is 3. The van der Waals surface area contributed by atoms with E-state index in [0.29, 0.717) is 11.5 Å². The minimum absolute atomic E-state index is 0.0346. The van der Waals surface area contributed by atoms with Crippen LogP contribution in [0.5, 0.6) is 5.75 Å². The fraction of sp³-hybridized carbons (Fsp3) is 0.400. The first kappa shape index (κ1) is 30.7. The highest BCUT2D eigenvalue weighted by molar-refractivity contribution is 5.90. The lowest BCUT2D eigenvalue weighted by Gasteiger charge is -2.28. The Morgan fingerprint density at radius 1 is 1.09 bits per heavy atom. The highest BCUT2D eigenvalue weighted by atomic mass is 16.5. The summed E-state index contributed by atoms with van der Waals surface area (Å²) < 4.78 is 24.0. The van der Waals surface area contributed by atoms with Crippen LogP contribution < -0.4 is 15.4 Å². The van der Waals surface area contributed by atoms with E-state index >= 15 is 0 Å². The minimum atomic E-state index is -1.18. The molecule has 47 heavy (non-hydrogen) atoms. The number of aliphatic hydroxyl groups excluding tert-OH is 1. The molecule has 0 radical (unpaired) electrons. The molecule has 244 valence electrons. The van der Waals surface area contributed by atoms with Gasteiger partial charge in [0.15, 0.2) is 29.2 Å². The predicted molar refractivity (Wildman–Crippen MR) is 168 cm³/mol. The van der Waals surface area contributed by atoms with Gasteiger partial charge in [0, 0.05) is 23.6 Å². The Hall–Kier alpha value is -4.97. The first-order valence-electron chi connectivity index (χ1n) is 15.8. The number of hydrogen-bond donors (Lipinski definition) is 3. The fourth-order valence-electron chi connectivity index (χ4n) is 6.88. The molecule has 0 fully saturated rings. The van der Waals surface area contributed by atoms with Crippen molar-refractivity contribution in [1.82, 2.24) is 15.3 Å². The van der Waals surface area contributed by atoms with Gasteiger partial charge in [0.2, 0.25) is 17.7 Å². The molecule has 3 N–H and O–H groups in total. The molecule has 5 heterocycles. The van der Waals surface area contributed by atoms with Gasteiger partial charge in [0.05, 0.1) is 7.11 Å². The predicted octanol–water partition coefficient (Wildman–Crippen LogP) is 4.56. The second-order valence-electron chi connectivity index (χ2n) is 13.1. The van der Waals surface area contributed by atoms with Gasteiger partial charge in [-0.25, -0.2) is 14.8 Å². The maximum absolute atomic E-state index is 14.0. The van der Waals surface area contributed by atoms with Crippen LogP contribution in [0.4, 0.5) is 5.69 Å². The first-order chi connectivity index (χ1) is 22.5. The number of aromatic nitrogens is 2. The van der Waals surface area contributed by atoms with Crippen molar-refractivity contribution in [2.45, 2.75) is 64.3 Å². The quantitative estimate of drug-likeness (QED) is 0.243. The number of oxazole rings is 2. The third kappa shape index (κ3) is 4.81. The number of esters is 1. The zero-order valence-electron chi connectivity index (χ0n) is 26.7. The third-order valence-electron chi connectivity index (χ3n) is 9.34. The monoisotopic (exact) mass is 640 g/mol. The second-order valence-corrected chi connectivity index (χ2v) is 13.1. The summed E-state index contributed by atoms with van der Waals surface area (Å²) in [6.07, 6.45) is -0.520. The lowest BCUT2D eigenvalue weighted by Crippen LogP contribution is -2.41. The van der Waals surface area contributed by atoms with E-state index in [4.69, 9.17) is 23.3 Å². The van der Waals surface area contributed by atoms with Gasteiger partial charge in [-0.1, -0.05) is 58.0 Å². The number of nitrogens with one attached hydrogen (secondary N) is 2. The van der Waals surface area contributed by atoms with E-state index in [1.807, 2.05) is 56.3 Å². The van der Waals surface area contributed by atoms with Gasteiger partial charge >= 0.3 is 5.97 Å². The van der Waals surface area contributed by atoms with Gasteiger partial charge in [-0.15, -0.1) is 0 Å². The molecule has 3 aliphatic heterocycles. The summed E-state index contributed by atoms with van der Waals surface area (Å²) in [7, 11) is 1.26. The number of hydrogen-bond acceptors (Lipinski definition) is 11. The Balaban J connectivity index is 1.48. The number of fused-ring (bicyclic) bond motifs is 4. The van der Waals surface area contributed by atoms with Gasteiger partial charge in [-0.3, -0.25) is 9.59 Å². The molecule has 4 bridgehead atoms. The summed E-state index contributed by atoms with van der Waals surface area (Å²) >= 11 is 0. The number of aliphatic hydroxyl groups is 1. The van der Waals surface area contributed by atoms with Gasteiger partial charge in [0.1, 0.15) is 29.6 Å². The van der Waals surface area contributed by atoms with Gasteiger partial charge in [-0.2, -0.15) is 0 Å². The van der Waals surface area contributed by atoms with E-state index in [1.165, 1.54) is 13.4 Å². The van der Waals surface area contributed by atoms with Gasteiger partial charge in [0.25, 0.3) is 0 Å². The highest BCUT2D eigenvalue weighted by Gasteiger charge is 2.61. The lowest BCUT2D eigenvalue weighted by molar-refractivity contribution is -0.135. The number of nitrogens with zero attached hydrogens (tertiary/aromatic N) is 2. The van der Waals surface area contributed by atoms with E-state index in [-0.39, 0.29) is 53.8 Å². The molecule has 1 amide bonds. The molecule has 0 saturated carbocycles. The SMILES string of the molecule is COC(=O)c1coc(-c2nc3oc2[C@@]24c5ccccc5NC2Oc2ccc(cc24)C[C@H](CC(=O)[C@@H](O)C(C)C)C(=O)N[C@H]3C(C)C)n1. The Kier molecular flexibility index (Phi) is 7.42. The van der Waals surface area contributed by atoms with Crippen molar-refractivity contribution >= 4 is 23.3 Å². The second kappa shape index (κ2) is 11.4. The maximum Gasteiger partial charge on any atom is 0.360 e. The van der Waals surface area contributed by atoms with E-state index in [9.17, 15) is 19.5 Å². The minimum Gasteiger partial charge on any atom is -0.469 e. The lowest BCUT2D eigenvalue weighted by atomic mass is 9.72. The van der Waals surface area contributed by atoms with Crippen LogP contribution >= 0.6 is 0 Å². The molecule has 1 unspecified atom stereocenters. The Labute approximate surface area is 270 Å². The number of ether oxygens (including phenoxy) is 2. The third-order valence-corrected chi connectivity index (χ3v) is 9.34. The van der Waals surface area contributed by atoms with E-state index < -0.39 is 41.5 Å². The van der Waals surface area contributed by atoms with Crippen molar-refractivity contribution in [2.24, 2.45) is 17.8 Å². The number of carbonyl (C=O) groups excluding carboxylic acids is 3. The Morgan fingerprint density at radius 2 is 1.87 bits per heavy atom. The zero-order valence-corrected chi connectivity index (χ0v) is 26.7. The van der Waals surface area contributed by atoms with Crippen molar-refractivity contribution in [1.29, 1.82) is 0 Å². The summed E-state index contributed by atoms with van der Waals surface area (Å²) in [6, 6.07) is 12.8. The number of Topliss-reactive ketones (excluding diaryl/α,β-unsaturated/α-hetero) is 1. The number of anilines is 1. The van der Waals surface area contributed by atoms with Crippen LogP contribution in [0.2, 0.25) is 0 Å². The Bertz CT molecular complexity index is 1890. The van der Waals surface area contributed by atoms with Crippen molar-refractivity contribution in [3.8, 4) is 17.3 Å². The number of benzene rings is 2. The van der Waals surface area contributed by atoms with Crippen molar-refractivity contribution < 1.29 is 37.8 Å². The molecule has 2 aromatic carbocycles. The zero-order chi connectivity index (χ0) is 33.2. The molecular weight excluding hydrogens is 604 g/mol. The molecule has 1 spiro atoms. The molecule has 0 saturated heterocycles. The number of methoxy groups -OCH3 is 1. The molecule has 4 aromatic rings. The molecule has 12 nitrogen and oxygen atoms in total.